The molecule has 0 aromatic carbocycles. The second kappa shape index (κ2) is 7.27. The van der Waals surface area contributed by atoms with E-state index in [1.807, 2.05) is 0 Å². The summed E-state index contributed by atoms with van der Waals surface area (Å²) in [5, 5.41) is 15.1. The molecular weight excluding hydrogens is 256 g/mol. The van der Waals surface area contributed by atoms with Gasteiger partial charge < -0.3 is 20.5 Å². The van der Waals surface area contributed by atoms with Crippen LogP contribution in [0.25, 0.3) is 0 Å². The van der Waals surface area contributed by atoms with Gasteiger partial charge in [0, 0.05) is 31.0 Å². The smallest absolute Gasteiger partial charge is 0.315 e. The first-order chi connectivity index (χ1) is 9.42. The highest BCUT2D eigenvalue weighted by Crippen LogP contribution is 2.52. The molecule has 5 heteroatoms. The lowest BCUT2D eigenvalue weighted by Gasteiger charge is -2.59. The first-order valence-electron chi connectivity index (χ1n) is 7.68. The summed E-state index contributed by atoms with van der Waals surface area (Å²) in [6.45, 7) is 8.64. The molecule has 1 saturated carbocycles. The van der Waals surface area contributed by atoms with Crippen LogP contribution in [0.3, 0.4) is 0 Å². The zero-order valence-electron chi connectivity index (χ0n) is 13.4. The second-order valence-corrected chi connectivity index (χ2v) is 5.97. The number of urea groups is 1. The van der Waals surface area contributed by atoms with Crippen molar-refractivity contribution in [3.8, 4) is 0 Å². The lowest BCUT2D eigenvalue weighted by molar-refractivity contribution is -0.164. The van der Waals surface area contributed by atoms with Crippen LogP contribution in [0, 0.1) is 11.3 Å². The van der Waals surface area contributed by atoms with Gasteiger partial charge >= 0.3 is 6.03 Å². The molecule has 0 radical (unpaired) electrons. The zero-order valence-corrected chi connectivity index (χ0v) is 13.4. The lowest BCUT2D eigenvalue weighted by Crippen LogP contribution is -2.70. The summed E-state index contributed by atoms with van der Waals surface area (Å²) in [4.78, 5) is 11.9. The van der Waals surface area contributed by atoms with E-state index in [4.69, 9.17) is 4.74 Å². The summed E-state index contributed by atoms with van der Waals surface area (Å²) < 4.78 is 5.62. The number of aliphatic hydroxyl groups is 1. The van der Waals surface area contributed by atoms with Crippen molar-refractivity contribution in [1.29, 1.82) is 0 Å². The predicted octanol–water partition coefficient (Wildman–Crippen LogP) is 1.90. The predicted molar refractivity (Wildman–Crippen MR) is 79.6 cm³/mol. The maximum absolute atomic E-state index is 11.9. The van der Waals surface area contributed by atoms with Gasteiger partial charge in [-0.3, -0.25) is 0 Å². The molecule has 0 aliphatic heterocycles. The molecule has 3 N–H and O–H groups in total. The van der Waals surface area contributed by atoms with Gasteiger partial charge in [-0.2, -0.15) is 0 Å². The molecule has 4 unspecified atom stereocenters. The Morgan fingerprint density at radius 3 is 2.45 bits per heavy atom. The van der Waals surface area contributed by atoms with E-state index >= 15 is 0 Å². The molecule has 0 saturated heterocycles. The maximum Gasteiger partial charge on any atom is 0.315 e. The average Bonchev–Trinajstić information content (AvgIpc) is 2.41. The molecule has 2 amide bonds. The summed E-state index contributed by atoms with van der Waals surface area (Å²) >= 11 is 0. The van der Waals surface area contributed by atoms with Crippen molar-refractivity contribution in [3.63, 3.8) is 0 Å². The fraction of sp³-hybridized carbons (Fsp3) is 0.933. The van der Waals surface area contributed by atoms with E-state index in [9.17, 15) is 9.90 Å². The molecule has 0 aromatic heterocycles. The Balaban J connectivity index is 2.55. The number of carbonyl (C=O) groups is 1. The maximum atomic E-state index is 11.9. The highest BCUT2D eigenvalue weighted by molar-refractivity contribution is 5.74. The fourth-order valence-corrected chi connectivity index (χ4v) is 3.68. The van der Waals surface area contributed by atoms with Crippen LogP contribution >= 0.6 is 0 Å². The van der Waals surface area contributed by atoms with Crippen molar-refractivity contribution in [2.75, 3.05) is 13.7 Å². The SMILES string of the molecule is CCC1(CC)C(NC(=O)NCCC(C)O)C(C)C1OC. The molecule has 0 bridgehead atoms. The number of amides is 2. The molecule has 4 atom stereocenters. The molecule has 0 spiro atoms. The largest absolute Gasteiger partial charge is 0.393 e. The summed E-state index contributed by atoms with van der Waals surface area (Å²) in [6.07, 6.45) is 2.37. The van der Waals surface area contributed by atoms with Crippen LogP contribution in [0.5, 0.6) is 0 Å². The summed E-state index contributed by atoms with van der Waals surface area (Å²) in [6, 6.07) is -0.00247. The summed E-state index contributed by atoms with van der Waals surface area (Å²) in [5.41, 5.74) is 0.0375. The Bertz CT molecular complexity index is 316. The summed E-state index contributed by atoms with van der Waals surface area (Å²) in [5.74, 6) is 0.322. The van der Waals surface area contributed by atoms with Crippen LogP contribution in [0.4, 0.5) is 4.79 Å². The van der Waals surface area contributed by atoms with Gasteiger partial charge in [-0.25, -0.2) is 4.79 Å². The molecule has 0 heterocycles. The third-order valence-electron chi connectivity index (χ3n) is 4.89. The van der Waals surface area contributed by atoms with E-state index in [0.29, 0.717) is 18.9 Å². The molecule has 20 heavy (non-hydrogen) atoms. The number of rotatable bonds is 7. The van der Waals surface area contributed by atoms with Crippen LogP contribution in [-0.4, -0.2) is 43.0 Å². The van der Waals surface area contributed by atoms with E-state index in [2.05, 4.69) is 31.4 Å². The number of aliphatic hydroxyl groups excluding tert-OH is 1. The third-order valence-corrected chi connectivity index (χ3v) is 4.89. The van der Waals surface area contributed by atoms with E-state index in [0.717, 1.165) is 12.8 Å². The average molecular weight is 286 g/mol. The number of methoxy groups -OCH3 is 1. The molecule has 1 fully saturated rings. The number of ether oxygens (including phenoxy) is 1. The third kappa shape index (κ3) is 3.26. The van der Waals surface area contributed by atoms with E-state index in [-0.39, 0.29) is 29.7 Å². The van der Waals surface area contributed by atoms with Crippen molar-refractivity contribution in [2.24, 2.45) is 11.3 Å². The molecule has 0 aromatic rings. The van der Waals surface area contributed by atoms with Crippen molar-refractivity contribution < 1.29 is 14.6 Å². The Labute approximate surface area is 122 Å². The highest BCUT2D eigenvalue weighted by Gasteiger charge is 2.58. The van der Waals surface area contributed by atoms with Gasteiger partial charge in [0.1, 0.15) is 0 Å². The van der Waals surface area contributed by atoms with Crippen LogP contribution in [0.1, 0.15) is 47.0 Å². The van der Waals surface area contributed by atoms with E-state index < -0.39 is 0 Å². The Morgan fingerprint density at radius 1 is 1.40 bits per heavy atom. The quantitative estimate of drug-likeness (QED) is 0.669. The van der Waals surface area contributed by atoms with Crippen LogP contribution in [0.2, 0.25) is 0 Å². The minimum Gasteiger partial charge on any atom is -0.393 e. The fourth-order valence-electron chi connectivity index (χ4n) is 3.68. The van der Waals surface area contributed by atoms with Crippen molar-refractivity contribution in [1.82, 2.24) is 10.6 Å². The molecule has 118 valence electrons. The van der Waals surface area contributed by atoms with E-state index in [1.165, 1.54) is 0 Å². The standard InChI is InChI=1S/C15H30N2O3/c1-6-15(7-2)12(11(4)13(15)20-5)17-14(19)16-9-8-10(3)18/h10-13,18H,6-9H2,1-5H3,(H2,16,17,19). The van der Waals surface area contributed by atoms with Gasteiger partial charge in [0.15, 0.2) is 0 Å². The lowest BCUT2D eigenvalue weighted by atomic mass is 9.53. The van der Waals surface area contributed by atoms with Gasteiger partial charge in [-0.05, 0) is 26.2 Å². The van der Waals surface area contributed by atoms with Gasteiger partial charge in [-0.1, -0.05) is 20.8 Å². The Hall–Kier alpha value is -0.810. The van der Waals surface area contributed by atoms with Crippen molar-refractivity contribution in [3.05, 3.63) is 0 Å². The zero-order chi connectivity index (χ0) is 15.3. The van der Waals surface area contributed by atoms with Gasteiger partial charge in [0.2, 0.25) is 0 Å². The topological polar surface area (TPSA) is 70.6 Å². The molecule has 1 aliphatic rings. The van der Waals surface area contributed by atoms with Crippen LogP contribution < -0.4 is 10.6 Å². The van der Waals surface area contributed by atoms with Crippen molar-refractivity contribution in [2.45, 2.75) is 65.2 Å². The number of carbonyl (C=O) groups excluding carboxylic acids is 1. The Morgan fingerprint density at radius 2 is 2.00 bits per heavy atom. The number of hydrogen-bond donors (Lipinski definition) is 3. The molecule has 1 aliphatic carbocycles. The normalized spacial score (nSPS) is 29.4. The minimum atomic E-state index is -0.388. The van der Waals surface area contributed by atoms with E-state index in [1.54, 1.807) is 14.0 Å². The van der Waals surface area contributed by atoms with Gasteiger partial charge in [-0.15, -0.1) is 0 Å². The molecule has 1 rings (SSSR count). The highest BCUT2D eigenvalue weighted by atomic mass is 16.5. The Kier molecular flexibility index (Phi) is 6.27. The molecule has 5 nitrogen and oxygen atoms in total. The van der Waals surface area contributed by atoms with Gasteiger partial charge in [0.25, 0.3) is 0 Å². The first-order valence-corrected chi connectivity index (χ1v) is 7.68. The van der Waals surface area contributed by atoms with Crippen LogP contribution in [-0.2, 0) is 4.74 Å². The second-order valence-electron chi connectivity index (χ2n) is 5.97. The number of nitrogens with one attached hydrogen (secondary N) is 2. The number of hydrogen-bond acceptors (Lipinski definition) is 3. The minimum absolute atomic E-state index is 0.0375. The van der Waals surface area contributed by atoms with Crippen LogP contribution in [0.15, 0.2) is 0 Å². The summed E-state index contributed by atoms with van der Waals surface area (Å²) in [7, 11) is 1.75. The molecular formula is C15H30N2O3. The van der Waals surface area contributed by atoms with Gasteiger partial charge in [0.05, 0.1) is 12.2 Å². The van der Waals surface area contributed by atoms with Crippen molar-refractivity contribution >= 4 is 6.03 Å². The first kappa shape index (κ1) is 17.2. The monoisotopic (exact) mass is 286 g/mol.